The van der Waals surface area contributed by atoms with E-state index in [-0.39, 0.29) is 0 Å². The molecule has 0 aliphatic carbocycles. The molecule has 0 aliphatic rings. The van der Waals surface area contributed by atoms with E-state index < -0.39 is 12.1 Å². The molecule has 0 aliphatic heterocycles. The van der Waals surface area contributed by atoms with Crippen molar-refractivity contribution >= 4 is 12.3 Å². The van der Waals surface area contributed by atoms with E-state index in [4.69, 9.17) is 5.73 Å². The number of amides is 2. The molecule has 0 unspecified atom stereocenters. The summed E-state index contributed by atoms with van der Waals surface area (Å²) >= 11 is 0. The van der Waals surface area contributed by atoms with Crippen LogP contribution in [-0.2, 0) is 4.79 Å². The van der Waals surface area contributed by atoms with Crippen LogP contribution in [0.4, 0.5) is 4.79 Å². The molecule has 11 heavy (non-hydrogen) atoms. The third kappa shape index (κ3) is 5.39. The van der Waals surface area contributed by atoms with Crippen LogP contribution in [0.1, 0.15) is 20.3 Å². The van der Waals surface area contributed by atoms with Crippen LogP contribution in [0.5, 0.6) is 0 Å². The number of hydrogen-bond donors (Lipinski definition) is 2. The number of nitrogens with one attached hydrogen (secondary N) is 1. The molecular weight excluding hydrogens is 144 g/mol. The van der Waals surface area contributed by atoms with Gasteiger partial charge in [-0.2, -0.15) is 0 Å². The average Bonchev–Trinajstić information content (AvgIpc) is 1.84. The fourth-order valence-electron chi connectivity index (χ4n) is 0.839. The molecule has 0 fully saturated rings. The lowest BCUT2D eigenvalue weighted by Gasteiger charge is -2.12. The first-order valence-electron chi connectivity index (χ1n) is 3.57. The number of urea groups is 1. The maximum Gasteiger partial charge on any atom is 0.312 e. The van der Waals surface area contributed by atoms with Gasteiger partial charge in [-0.05, 0) is 12.3 Å². The fraction of sp³-hybridized carbons (Fsp3) is 0.714. The summed E-state index contributed by atoms with van der Waals surface area (Å²) in [6.45, 7) is 3.94. The predicted molar refractivity (Wildman–Crippen MR) is 42.0 cm³/mol. The lowest BCUT2D eigenvalue weighted by atomic mass is 10.1. The molecule has 1 atom stereocenters. The van der Waals surface area contributed by atoms with Crippen molar-refractivity contribution in [1.29, 1.82) is 0 Å². The molecule has 4 heteroatoms. The molecule has 0 bridgehead atoms. The molecule has 2 amide bonds. The van der Waals surface area contributed by atoms with Crippen LogP contribution in [0.2, 0.25) is 0 Å². The molecule has 4 nitrogen and oxygen atoms in total. The molecule has 0 aromatic carbocycles. The second kappa shape index (κ2) is 4.71. The van der Waals surface area contributed by atoms with E-state index >= 15 is 0 Å². The van der Waals surface area contributed by atoms with Crippen molar-refractivity contribution in [3.63, 3.8) is 0 Å². The summed E-state index contributed by atoms with van der Waals surface area (Å²) in [6, 6.07) is -1.09. The van der Waals surface area contributed by atoms with Crippen LogP contribution in [0.25, 0.3) is 0 Å². The molecule has 0 saturated carbocycles. The normalized spacial score (nSPS) is 12.6. The highest BCUT2D eigenvalue weighted by atomic mass is 16.2. The lowest BCUT2D eigenvalue weighted by Crippen LogP contribution is -2.40. The van der Waals surface area contributed by atoms with E-state index in [1.165, 1.54) is 0 Å². The van der Waals surface area contributed by atoms with Crippen LogP contribution < -0.4 is 11.1 Å². The molecule has 0 heterocycles. The minimum Gasteiger partial charge on any atom is -0.352 e. The quantitative estimate of drug-likeness (QED) is 0.576. The van der Waals surface area contributed by atoms with E-state index in [9.17, 15) is 9.59 Å². The van der Waals surface area contributed by atoms with Crippen molar-refractivity contribution in [1.82, 2.24) is 5.32 Å². The minimum atomic E-state index is -0.650. The van der Waals surface area contributed by atoms with Crippen molar-refractivity contribution in [2.24, 2.45) is 11.7 Å². The second-order valence-electron chi connectivity index (χ2n) is 2.88. The molecule has 64 valence electrons. The van der Waals surface area contributed by atoms with Gasteiger partial charge in [0.1, 0.15) is 6.29 Å². The Kier molecular flexibility index (Phi) is 4.26. The van der Waals surface area contributed by atoms with Gasteiger partial charge in [-0.25, -0.2) is 4.79 Å². The van der Waals surface area contributed by atoms with Crippen LogP contribution in [0.3, 0.4) is 0 Å². The van der Waals surface area contributed by atoms with Gasteiger partial charge in [0.25, 0.3) is 0 Å². The van der Waals surface area contributed by atoms with Crippen LogP contribution >= 0.6 is 0 Å². The summed E-state index contributed by atoms with van der Waals surface area (Å²) in [7, 11) is 0. The van der Waals surface area contributed by atoms with Crippen molar-refractivity contribution in [2.75, 3.05) is 0 Å². The topological polar surface area (TPSA) is 72.2 Å². The first kappa shape index (κ1) is 9.94. The van der Waals surface area contributed by atoms with Gasteiger partial charge in [0, 0.05) is 0 Å². The zero-order valence-electron chi connectivity index (χ0n) is 6.83. The van der Waals surface area contributed by atoms with E-state index in [0.29, 0.717) is 18.6 Å². The molecular formula is C7H14N2O2. The van der Waals surface area contributed by atoms with Crippen molar-refractivity contribution in [2.45, 2.75) is 26.3 Å². The highest BCUT2D eigenvalue weighted by Gasteiger charge is 2.09. The number of hydrogen-bond acceptors (Lipinski definition) is 2. The first-order valence-corrected chi connectivity index (χ1v) is 3.57. The zero-order chi connectivity index (χ0) is 8.85. The van der Waals surface area contributed by atoms with E-state index in [1.807, 2.05) is 13.8 Å². The summed E-state index contributed by atoms with van der Waals surface area (Å²) in [4.78, 5) is 20.6. The Hall–Kier alpha value is -1.06. The molecule has 3 N–H and O–H groups in total. The largest absolute Gasteiger partial charge is 0.352 e. The summed E-state index contributed by atoms with van der Waals surface area (Å²) in [5.41, 5.74) is 4.84. The summed E-state index contributed by atoms with van der Waals surface area (Å²) in [5, 5.41) is 2.33. The first-order chi connectivity index (χ1) is 5.06. The number of nitrogens with two attached hydrogens (primary N) is 1. The Morgan fingerprint density at radius 1 is 1.64 bits per heavy atom. The van der Waals surface area contributed by atoms with Gasteiger partial charge in [-0.3, -0.25) is 0 Å². The van der Waals surface area contributed by atoms with Gasteiger partial charge in [-0.1, -0.05) is 13.8 Å². The Morgan fingerprint density at radius 2 is 2.18 bits per heavy atom. The van der Waals surface area contributed by atoms with Crippen LogP contribution in [0.15, 0.2) is 0 Å². The zero-order valence-corrected chi connectivity index (χ0v) is 6.83. The van der Waals surface area contributed by atoms with E-state index in [1.54, 1.807) is 0 Å². The van der Waals surface area contributed by atoms with Crippen LogP contribution in [0, 0.1) is 5.92 Å². The summed E-state index contributed by atoms with van der Waals surface area (Å²) < 4.78 is 0. The number of aldehydes is 1. The van der Waals surface area contributed by atoms with Crippen molar-refractivity contribution < 1.29 is 9.59 Å². The molecule has 0 spiro atoms. The van der Waals surface area contributed by atoms with Gasteiger partial charge in [0.05, 0.1) is 6.04 Å². The highest BCUT2D eigenvalue weighted by molar-refractivity contribution is 5.76. The number of carbonyl (C=O) groups excluding carboxylic acids is 2. The predicted octanol–water partition coefficient (Wildman–Crippen LogP) is 0.268. The maximum absolute atomic E-state index is 10.3. The monoisotopic (exact) mass is 158 g/mol. The van der Waals surface area contributed by atoms with Gasteiger partial charge >= 0.3 is 6.03 Å². The second-order valence-corrected chi connectivity index (χ2v) is 2.88. The Balaban J connectivity index is 3.76. The molecule has 0 radical (unpaired) electrons. The third-order valence-corrected chi connectivity index (χ3v) is 1.22. The Labute approximate surface area is 66.1 Å². The van der Waals surface area contributed by atoms with Crippen molar-refractivity contribution in [3.8, 4) is 0 Å². The van der Waals surface area contributed by atoms with Crippen LogP contribution in [-0.4, -0.2) is 18.4 Å². The number of rotatable bonds is 4. The third-order valence-electron chi connectivity index (χ3n) is 1.22. The van der Waals surface area contributed by atoms with E-state index in [0.717, 1.165) is 0 Å². The summed E-state index contributed by atoms with van der Waals surface area (Å²) in [5.74, 6) is 0.372. The smallest absolute Gasteiger partial charge is 0.312 e. The van der Waals surface area contributed by atoms with Gasteiger partial charge in [0.2, 0.25) is 0 Å². The van der Waals surface area contributed by atoms with Gasteiger partial charge in [0.15, 0.2) is 0 Å². The van der Waals surface area contributed by atoms with Gasteiger partial charge in [-0.15, -0.1) is 0 Å². The Morgan fingerprint density at radius 3 is 2.45 bits per heavy atom. The number of primary amides is 1. The fourth-order valence-corrected chi connectivity index (χ4v) is 0.839. The highest BCUT2D eigenvalue weighted by Crippen LogP contribution is 2.01. The molecule has 0 aromatic rings. The van der Waals surface area contributed by atoms with Gasteiger partial charge < -0.3 is 15.8 Å². The summed E-state index contributed by atoms with van der Waals surface area (Å²) in [6.07, 6.45) is 1.33. The molecule has 0 aromatic heterocycles. The molecule has 0 saturated heterocycles. The minimum absolute atomic E-state index is 0.372. The SMILES string of the molecule is CC(C)C[C@@H](C=O)NC(N)=O. The van der Waals surface area contributed by atoms with Crippen molar-refractivity contribution in [3.05, 3.63) is 0 Å². The average molecular weight is 158 g/mol. The maximum atomic E-state index is 10.3. The standard InChI is InChI=1S/C7H14N2O2/c1-5(2)3-6(4-10)9-7(8)11/h4-6H,3H2,1-2H3,(H3,8,9,11)/t6-/m0/s1. The van der Waals surface area contributed by atoms with E-state index in [2.05, 4.69) is 5.32 Å². The lowest BCUT2D eigenvalue weighted by molar-refractivity contribution is -0.109. The number of carbonyl (C=O) groups is 2. The Bertz CT molecular complexity index is 145. The molecule has 0 rings (SSSR count).